The molecule has 162 valence electrons. The van der Waals surface area contributed by atoms with Gasteiger partial charge in [0.2, 0.25) is 0 Å². The highest BCUT2D eigenvalue weighted by Gasteiger charge is 2.44. The first kappa shape index (κ1) is 21.1. The summed E-state index contributed by atoms with van der Waals surface area (Å²) in [5, 5.41) is 10.1. The lowest BCUT2D eigenvalue weighted by Gasteiger charge is -2.32. The smallest absolute Gasteiger partial charge is 0.350 e. The largest absolute Gasteiger partial charge is 0.460 e. The van der Waals surface area contributed by atoms with Crippen LogP contribution in [0.1, 0.15) is 45.6 Å². The fourth-order valence-electron chi connectivity index (χ4n) is 4.31. The number of aromatic nitrogens is 1. The lowest BCUT2D eigenvalue weighted by molar-refractivity contribution is -0.825. The molecule has 0 spiro atoms. The lowest BCUT2D eigenvalue weighted by Crippen LogP contribution is -2.60. The molecule has 2 amide bonds. The third-order valence-electron chi connectivity index (χ3n) is 6.26. The first-order valence-corrected chi connectivity index (χ1v) is 10.1. The minimum atomic E-state index is -1.12. The van der Waals surface area contributed by atoms with Gasteiger partial charge in [-0.05, 0) is 43.0 Å². The van der Waals surface area contributed by atoms with Crippen molar-refractivity contribution in [2.45, 2.75) is 31.2 Å². The summed E-state index contributed by atoms with van der Waals surface area (Å²) in [6.07, 6.45) is 2.49. The number of likely N-dealkylation sites (N-methyl/N-ethyl adjacent to an activating group) is 1. The molecule has 1 aromatic carbocycles. The predicted octanol–water partition coefficient (Wildman–Crippen LogP) is 2.61. The normalized spacial score (nSPS) is 19.4. The van der Waals surface area contributed by atoms with Crippen molar-refractivity contribution in [1.29, 1.82) is 0 Å². The summed E-state index contributed by atoms with van der Waals surface area (Å²) in [5.41, 5.74) is 7.34. The van der Waals surface area contributed by atoms with E-state index in [0.717, 1.165) is 12.1 Å². The fourth-order valence-corrected chi connectivity index (χ4v) is 4.31. The van der Waals surface area contributed by atoms with Crippen LogP contribution in [0.2, 0.25) is 0 Å². The number of aliphatic hydroxyl groups is 1. The van der Waals surface area contributed by atoms with E-state index in [0.29, 0.717) is 16.7 Å². The van der Waals surface area contributed by atoms with Crippen LogP contribution >= 0.6 is 0 Å². The van der Waals surface area contributed by atoms with Crippen LogP contribution < -0.4 is 5.73 Å². The number of aryl methyl sites for hydroxylation is 1. The second-order valence-corrected chi connectivity index (χ2v) is 8.55. The zero-order chi connectivity index (χ0) is 22.5. The molecule has 1 aliphatic carbocycles. The van der Waals surface area contributed by atoms with Gasteiger partial charge in [0.15, 0.2) is 6.04 Å². The molecule has 4 rings (SSSR count). The van der Waals surface area contributed by atoms with E-state index in [1.54, 1.807) is 19.2 Å². The SMILES string of the molecule is Cc1oc2cc(F)c([C@@H]3CC3c3ccccn3)cc2c1C(=O)[N+](C)(C)C(CO)C(N)=O. The van der Waals surface area contributed by atoms with Gasteiger partial charge in [0, 0.05) is 29.3 Å². The van der Waals surface area contributed by atoms with Crippen LogP contribution in [0.3, 0.4) is 0 Å². The van der Waals surface area contributed by atoms with Crippen molar-refractivity contribution < 1.29 is 28.0 Å². The molecular formula is C23H25FN3O4+. The number of pyridine rings is 1. The van der Waals surface area contributed by atoms with Crippen LogP contribution in [0.25, 0.3) is 11.0 Å². The second-order valence-electron chi connectivity index (χ2n) is 8.55. The molecule has 3 aromatic rings. The van der Waals surface area contributed by atoms with Gasteiger partial charge in [-0.3, -0.25) is 9.78 Å². The van der Waals surface area contributed by atoms with Crippen LogP contribution in [0.5, 0.6) is 0 Å². The summed E-state index contributed by atoms with van der Waals surface area (Å²) in [7, 11) is 3.02. The van der Waals surface area contributed by atoms with Crippen molar-refractivity contribution in [2.24, 2.45) is 5.73 Å². The number of hydrogen-bond acceptors (Lipinski definition) is 5. The number of fused-ring (bicyclic) bond motifs is 1. The van der Waals surface area contributed by atoms with E-state index >= 15 is 0 Å². The van der Waals surface area contributed by atoms with Crippen LogP contribution in [0, 0.1) is 12.7 Å². The van der Waals surface area contributed by atoms with E-state index in [1.807, 2.05) is 18.2 Å². The number of carbonyl (C=O) groups excluding carboxylic acids is 2. The molecule has 8 heteroatoms. The molecule has 31 heavy (non-hydrogen) atoms. The second kappa shape index (κ2) is 7.55. The Kier molecular flexibility index (Phi) is 5.15. The number of amides is 2. The Morgan fingerprint density at radius 3 is 2.68 bits per heavy atom. The Morgan fingerprint density at radius 2 is 2.06 bits per heavy atom. The van der Waals surface area contributed by atoms with Crippen molar-refractivity contribution in [1.82, 2.24) is 4.98 Å². The van der Waals surface area contributed by atoms with E-state index < -0.39 is 28.9 Å². The summed E-state index contributed by atoms with van der Waals surface area (Å²) in [5.74, 6) is -1.20. The number of rotatable bonds is 6. The molecule has 2 unspecified atom stereocenters. The van der Waals surface area contributed by atoms with Crippen LogP contribution in [-0.4, -0.2) is 53.1 Å². The number of nitrogens with zero attached hydrogens (tertiary/aromatic N) is 2. The number of aliphatic hydroxyl groups excluding tert-OH is 1. The molecule has 3 N–H and O–H groups in total. The van der Waals surface area contributed by atoms with Crippen LogP contribution in [0.4, 0.5) is 4.39 Å². The highest BCUT2D eigenvalue weighted by Crippen LogP contribution is 2.55. The highest BCUT2D eigenvalue weighted by atomic mass is 19.1. The minimum absolute atomic E-state index is 0.0317. The Bertz CT molecular complexity index is 1170. The maximum atomic E-state index is 14.9. The number of primary amides is 1. The van der Waals surface area contributed by atoms with Gasteiger partial charge in [0.25, 0.3) is 5.91 Å². The lowest BCUT2D eigenvalue weighted by atomic mass is 10.0. The minimum Gasteiger partial charge on any atom is -0.460 e. The summed E-state index contributed by atoms with van der Waals surface area (Å²) in [4.78, 5) is 29.6. The topological polar surface area (TPSA) is 106 Å². The van der Waals surface area contributed by atoms with Crippen molar-refractivity contribution >= 4 is 22.8 Å². The molecule has 1 saturated carbocycles. The summed E-state index contributed by atoms with van der Waals surface area (Å²) in [6, 6.07) is 7.53. The molecule has 0 radical (unpaired) electrons. The number of nitrogens with two attached hydrogens (primary N) is 1. The Morgan fingerprint density at radius 1 is 1.32 bits per heavy atom. The fraction of sp³-hybridized carbons (Fsp3) is 0.348. The zero-order valence-electron chi connectivity index (χ0n) is 17.6. The van der Waals surface area contributed by atoms with Crippen molar-refractivity contribution in [3.63, 3.8) is 0 Å². The van der Waals surface area contributed by atoms with Crippen molar-refractivity contribution in [3.05, 3.63) is 64.9 Å². The zero-order valence-corrected chi connectivity index (χ0v) is 17.6. The quantitative estimate of drug-likeness (QED) is 0.590. The van der Waals surface area contributed by atoms with E-state index in [9.17, 15) is 19.1 Å². The van der Waals surface area contributed by atoms with Gasteiger partial charge in [-0.1, -0.05) is 6.07 Å². The standard InChI is InChI=1S/C23H24FN3O4/c1-12-21(23(30)27(2,3)19(11-28)22(25)29)16-9-14(17(24)10-20(16)31-12)13-8-15(13)18-6-4-5-7-26-18/h4-7,9-10,13,15,19,28H,8,11H2,1-3H3,(H-,25,29)/p+1/t13-,15?,19?/m0/s1. The maximum absolute atomic E-state index is 14.9. The monoisotopic (exact) mass is 426 g/mol. The molecule has 1 fully saturated rings. The number of quaternary nitrogens is 1. The Balaban J connectivity index is 1.76. The molecule has 0 aliphatic heterocycles. The molecule has 1 aliphatic rings. The van der Waals surface area contributed by atoms with E-state index in [1.165, 1.54) is 20.2 Å². The molecule has 0 saturated heterocycles. The summed E-state index contributed by atoms with van der Waals surface area (Å²) in [6.45, 7) is 1.05. The third-order valence-corrected chi connectivity index (χ3v) is 6.26. The molecule has 2 heterocycles. The first-order chi connectivity index (χ1) is 14.7. The molecular weight excluding hydrogens is 401 g/mol. The van der Waals surface area contributed by atoms with Crippen molar-refractivity contribution in [2.75, 3.05) is 20.7 Å². The predicted molar refractivity (Wildman–Crippen MR) is 112 cm³/mol. The van der Waals surface area contributed by atoms with Crippen molar-refractivity contribution in [3.8, 4) is 0 Å². The average molecular weight is 426 g/mol. The number of carbonyl (C=O) groups is 2. The van der Waals surface area contributed by atoms with Gasteiger partial charge in [0.05, 0.1) is 14.1 Å². The molecule has 7 nitrogen and oxygen atoms in total. The molecule has 0 bridgehead atoms. The van der Waals surface area contributed by atoms with E-state index in [2.05, 4.69) is 4.98 Å². The van der Waals surface area contributed by atoms with Crippen LogP contribution in [0.15, 0.2) is 40.9 Å². The van der Waals surface area contributed by atoms with Gasteiger partial charge < -0.3 is 15.3 Å². The van der Waals surface area contributed by atoms with Gasteiger partial charge in [-0.25, -0.2) is 13.7 Å². The van der Waals surface area contributed by atoms with E-state index in [-0.39, 0.29) is 28.8 Å². The van der Waals surface area contributed by atoms with Gasteiger partial charge in [-0.2, -0.15) is 0 Å². The highest BCUT2D eigenvalue weighted by molar-refractivity contribution is 6.05. The molecule has 3 atom stereocenters. The number of halogens is 1. The maximum Gasteiger partial charge on any atom is 0.350 e. The number of benzene rings is 1. The number of furan rings is 1. The summed E-state index contributed by atoms with van der Waals surface area (Å²) < 4.78 is 20.1. The third kappa shape index (κ3) is 3.51. The first-order valence-electron chi connectivity index (χ1n) is 10.1. The molecule has 2 aromatic heterocycles. The Labute approximate surface area is 178 Å². The summed E-state index contributed by atoms with van der Waals surface area (Å²) >= 11 is 0. The van der Waals surface area contributed by atoms with Crippen LogP contribution in [-0.2, 0) is 4.79 Å². The van der Waals surface area contributed by atoms with E-state index in [4.69, 9.17) is 10.2 Å². The number of hydrogen-bond donors (Lipinski definition) is 2. The van der Waals surface area contributed by atoms with Gasteiger partial charge >= 0.3 is 5.91 Å². The van der Waals surface area contributed by atoms with Gasteiger partial charge in [-0.15, -0.1) is 0 Å². The Hall–Kier alpha value is -3.10. The van der Waals surface area contributed by atoms with Gasteiger partial charge in [0.1, 0.15) is 29.3 Å². The average Bonchev–Trinajstić information content (AvgIpc) is 3.44.